The first-order valence-electron chi connectivity index (χ1n) is 6.21. The number of hydrogen-bond donors (Lipinski definition) is 1. The van der Waals surface area contributed by atoms with E-state index in [-0.39, 0.29) is 12.1 Å². The summed E-state index contributed by atoms with van der Waals surface area (Å²) in [4.78, 5) is 11.8. The fourth-order valence-electron chi connectivity index (χ4n) is 2.17. The van der Waals surface area contributed by atoms with Crippen molar-refractivity contribution < 1.29 is 14.6 Å². The van der Waals surface area contributed by atoms with Gasteiger partial charge in [0, 0.05) is 0 Å². The van der Waals surface area contributed by atoms with Crippen molar-refractivity contribution in [2.75, 3.05) is 0 Å². The first kappa shape index (κ1) is 12.1. The molecule has 1 aromatic rings. The van der Waals surface area contributed by atoms with Crippen molar-refractivity contribution in [1.29, 1.82) is 0 Å². The summed E-state index contributed by atoms with van der Waals surface area (Å²) in [6.07, 6.45) is 3.78. The summed E-state index contributed by atoms with van der Waals surface area (Å²) in [6, 6.07) is 8.92. The van der Waals surface area contributed by atoms with E-state index in [1.807, 2.05) is 6.07 Å². The molecular weight excluding hydrogens is 216 g/mol. The van der Waals surface area contributed by atoms with Crippen LogP contribution in [-0.4, -0.2) is 23.3 Å². The zero-order chi connectivity index (χ0) is 12.1. The van der Waals surface area contributed by atoms with Crippen molar-refractivity contribution in [2.24, 2.45) is 0 Å². The molecule has 2 rings (SSSR count). The number of rotatable bonds is 2. The van der Waals surface area contributed by atoms with E-state index in [1.54, 1.807) is 24.3 Å². The van der Waals surface area contributed by atoms with Crippen LogP contribution in [0, 0.1) is 0 Å². The van der Waals surface area contributed by atoms with E-state index < -0.39 is 6.10 Å². The van der Waals surface area contributed by atoms with Gasteiger partial charge in [0.2, 0.25) is 0 Å². The SMILES string of the molecule is O=C(O[C@H]1CCCCC[C@H]1O)c1ccccc1. The highest BCUT2D eigenvalue weighted by atomic mass is 16.6. The molecule has 0 aliphatic heterocycles. The highest BCUT2D eigenvalue weighted by Gasteiger charge is 2.25. The van der Waals surface area contributed by atoms with Gasteiger partial charge in [0.25, 0.3) is 0 Å². The van der Waals surface area contributed by atoms with Gasteiger partial charge in [-0.05, 0) is 31.4 Å². The van der Waals surface area contributed by atoms with Crippen LogP contribution >= 0.6 is 0 Å². The van der Waals surface area contributed by atoms with E-state index in [0.717, 1.165) is 32.1 Å². The standard InChI is InChI=1S/C14H18O3/c15-12-9-5-2-6-10-13(12)17-14(16)11-7-3-1-4-8-11/h1,3-4,7-8,12-13,15H,2,5-6,9-10H2/t12-,13+/m1/s1. The van der Waals surface area contributed by atoms with Gasteiger partial charge in [0.1, 0.15) is 6.10 Å². The molecule has 0 radical (unpaired) electrons. The lowest BCUT2D eigenvalue weighted by Crippen LogP contribution is -2.30. The van der Waals surface area contributed by atoms with Crippen LogP contribution < -0.4 is 0 Å². The van der Waals surface area contributed by atoms with E-state index >= 15 is 0 Å². The molecular formula is C14H18O3. The predicted molar refractivity (Wildman–Crippen MR) is 64.7 cm³/mol. The molecule has 0 saturated heterocycles. The summed E-state index contributed by atoms with van der Waals surface area (Å²) in [7, 11) is 0. The Kier molecular flexibility index (Phi) is 4.15. The molecule has 1 N–H and O–H groups in total. The van der Waals surface area contributed by atoms with Crippen LogP contribution in [0.5, 0.6) is 0 Å². The van der Waals surface area contributed by atoms with E-state index in [2.05, 4.69) is 0 Å². The first-order chi connectivity index (χ1) is 8.27. The molecule has 17 heavy (non-hydrogen) atoms. The average molecular weight is 234 g/mol. The zero-order valence-corrected chi connectivity index (χ0v) is 9.84. The molecule has 0 bridgehead atoms. The minimum atomic E-state index is -0.509. The molecule has 3 nitrogen and oxygen atoms in total. The number of carbonyl (C=O) groups excluding carboxylic acids is 1. The maximum atomic E-state index is 11.8. The lowest BCUT2D eigenvalue weighted by atomic mass is 10.1. The number of benzene rings is 1. The maximum absolute atomic E-state index is 11.8. The minimum Gasteiger partial charge on any atom is -0.456 e. The molecule has 1 saturated carbocycles. The predicted octanol–water partition coefficient (Wildman–Crippen LogP) is 2.54. The van der Waals surface area contributed by atoms with E-state index in [4.69, 9.17) is 4.74 Å². The van der Waals surface area contributed by atoms with Crippen molar-refractivity contribution in [3.05, 3.63) is 35.9 Å². The smallest absolute Gasteiger partial charge is 0.338 e. The van der Waals surface area contributed by atoms with Gasteiger partial charge < -0.3 is 9.84 Å². The van der Waals surface area contributed by atoms with Crippen molar-refractivity contribution in [2.45, 2.75) is 44.3 Å². The molecule has 1 aliphatic carbocycles. The molecule has 1 aliphatic rings. The Morgan fingerprint density at radius 2 is 1.82 bits per heavy atom. The van der Waals surface area contributed by atoms with E-state index in [9.17, 15) is 9.90 Å². The zero-order valence-electron chi connectivity index (χ0n) is 9.84. The second-order valence-electron chi connectivity index (χ2n) is 4.52. The molecule has 0 heterocycles. The van der Waals surface area contributed by atoms with Gasteiger partial charge in [-0.15, -0.1) is 0 Å². The fourth-order valence-corrected chi connectivity index (χ4v) is 2.17. The van der Waals surface area contributed by atoms with E-state index in [1.165, 1.54) is 0 Å². The second kappa shape index (κ2) is 5.82. The van der Waals surface area contributed by atoms with Gasteiger partial charge in [0.05, 0.1) is 11.7 Å². The molecule has 3 heteroatoms. The summed E-state index contributed by atoms with van der Waals surface area (Å²) in [5.41, 5.74) is 0.545. The summed E-state index contributed by atoms with van der Waals surface area (Å²) < 4.78 is 5.38. The quantitative estimate of drug-likeness (QED) is 0.632. The molecule has 0 amide bonds. The minimum absolute atomic E-state index is 0.337. The normalized spacial score (nSPS) is 25.0. The molecule has 1 aromatic carbocycles. The van der Waals surface area contributed by atoms with Crippen LogP contribution in [0.1, 0.15) is 42.5 Å². The molecule has 1 fully saturated rings. The van der Waals surface area contributed by atoms with Gasteiger partial charge in [-0.3, -0.25) is 0 Å². The van der Waals surface area contributed by atoms with Crippen molar-refractivity contribution in [1.82, 2.24) is 0 Å². The third-order valence-electron chi connectivity index (χ3n) is 3.19. The van der Waals surface area contributed by atoms with Gasteiger partial charge >= 0.3 is 5.97 Å². The molecule has 0 spiro atoms. The van der Waals surface area contributed by atoms with Crippen molar-refractivity contribution >= 4 is 5.97 Å². The largest absolute Gasteiger partial charge is 0.456 e. The van der Waals surface area contributed by atoms with Crippen LogP contribution in [-0.2, 0) is 4.74 Å². The topological polar surface area (TPSA) is 46.5 Å². The van der Waals surface area contributed by atoms with Crippen molar-refractivity contribution in [3.8, 4) is 0 Å². The second-order valence-corrected chi connectivity index (χ2v) is 4.52. The number of carbonyl (C=O) groups is 1. The van der Waals surface area contributed by atoms with Crippen LogP contribution in [0.3, 0.4) is 0 Å². The number of aliphatic hydroxyl groups is 1. The Labute approximate surface area is 101 Å². The number of esters is 1. The van der Waals surface area contributed by atoms with Crippen LogP contribution in [0.2, 0.25) is 0 Å². The highest BCUT2D eigenvalue weighted by molar-refractivity contribution is 5.89. The first-order valence-corrected chi connectivity index (χ1v) is 6.21. The summed E-state index contributed by atoms with van der Waals surface area (Å²) in [5, 5.41) is 9.87. The Balaban J connectivity index is 1.98. The van der Waals surface area contributed by atoms with Crippen LogP contribution in [0.4, 0.5) is 0 Å². The third kappa shape index (κ3) is 3.30. The Morgan fingerprint density at radius 1 is 1.12 bits per heavy atom. The van der Waals surface area contributed by atoms with Gasteiger partial charge in [-0.1, -0.05) is 31.0 Å². The molecule has 2 atom stereocenters. The van der Waals surface area contributed by atoms with E-state index in [0.29, 0.717) is 5.56 Å². The Hall–Kier alpha value is -1.35. The van der Waals surface area contributed by atoms with Gasteiger partial charge in [-0.2, -0.15) is 0 Å². The summed E-state index contributed by atoms with van der Waals surface area (Å²) in [6.45, 7) is 0. The lowest BCUT2D eigenvalue weighted by Gasteiger charge is -2.20. The molecule has 92 valence electrons. The monoisotopic (exact) mass is 234 g/mol. The van der Waals surface area contributed by atoms with Gasteiger partial charge in [-0.25, -0.2) is 4.79 Å². The Morgan fingerprint density at radius 3 is 2.59 bits per heavy atom. The van der Waals surface area contributed by atoms with Crippen molar-refractivity contribution in [3.63, 3.8) is 0 Å². The average Bonchev–Trinajstić information content (AvgIpc) is 2.56. The maximum Gasteiger partial charge on any atom is 0.338 e. The summed E-state index contributed by atoms with van der Waals surface area (Å²) in [5.74, 6) is -0.337. The van der Waals surface area contributed by atoms with Gasteiger partial charge in [0.15, 0.2) is 0 Å². The number of aliphatic hydroxyl groups excluding tert-OH is 1. The van der Waals surface area contributed by atoms with Crippen LogP contribution in [0.15, 0.2) is 30.3 Å². The third-order valence-corrected chi connectivity index (χ3v) is 3.19. The highest BCUT2D eigenvalue weighted by Crippen LogP contribution is 2.21. The Bertz CT molecular complexity index is 361. The number of ether oxygens (including phenoxy) is 1. The lowest BCUT2D eigenvalue weighted by molar-refractivity contribution is -0.0206. The fraction of sp³-hybridized carbons (Fsp3) is 0.500. The van der Waals surface area contributed by atoms with Crippen LogP contribution in [0.25, 0.3) is 0 Å². The summed E-state index contributed by atoms with van der Waals surface area (Å²) >= 11 is 0. The molecule has 0 unspecified atom stereocenters. The molecule has 0 aromatic heterocycles. The number of hydrogen-bond acceptors (Lipinski definition) is 3.